The van der Waals surface area contributed by atoms with E-state index < -0.39 is 0 Å². The van der Waals surface area contributed by atoms with Crippen LogP contribution in [0.3, 0.4) is 0 Å². The molecule has 0 heterocycles. The number of ether oxygens (including phenoxy) is 3. The Labute approximate surface area is 126 Å². The number of methoxy groups -OCH3 is 3. The molecule has 0 aliphatic rings. The SMILES string of the molecule is COCCN(CC(=O)c1ccc(OC)cc1)C(C)COC. The summed E-state index contributed by atoms with van der Waals surface area (Å²) >= 11 is 0. The summed E-state index contributed by atoms with van der Waals surface area (Å²) < 4.78 is 15.4. The maximum atomic E-state index is 12.4. The minimum atomic E-state index is 0.0803. The van der Waals surface area contributed by atoms with Gasteiger partial charge >= 0.3 is 0 Å². The normalized spacial score (nSPS) is 12.4. The van der Waals surface area contributed by atoms with E-state index in [0.29, 0.717) is 31.9 Å². The number of nitrogens with zero attached hydrogens (tertiary/aromatic N) is 1. The Morgan fingerprint density at radius 1 is 1.14 bits per heavy atom. The van der Waals surface area contributed by atoms with Crippen molar-refractivity contribution in [2.75, 3.05) is 47.6 Å². The Hall–Kier alpha value is -1.43. The van der Waals surface area contributed by atoms with Gasteiger partial charge in [0.05, 0.1) is 26.9 Å². The zero-order chi connectivity index (χ0) is 15.7. The van der Waals surface area contributed by atoms with Crippen LogP contribution >= 0.6 is 0 Å². The number of carbonyl (C=O) groups excluding carboxylic acids is 1. The molecule has 0 fully saturated rings. The minimum Gasteiger partial charge on any atom is -0.497 e. The van der Waals surface area contributed by atoms with Crippen LogP contribution in [0, 0.1) is 0 Å². The first-order valence-electron chi connectivity index (χ1n) is 7.01. The van der Waals surface area contributed by atoms with E-state index in [0.717, 1.165) is 5.75 Å². The quantitative estimate of drug-likeness (QED) is 0.617. The first kappa shape index (κ1) is 17.6. The highest BCUT2D eigenvalue weighted by Crippen LogP contribution is 2.12. The zero-order valence-corrected chi connectivity index (χ0v) is 13.3. The topological polar surface area (TPSA) is 48.0 Å². The maximum Gasteiger partial charge on any atom is 0.176 e. The number of hydrogen-bond donors (Lipinski definition) is 0. The molecule has 5 nitrogen and oxygen atoms in total. The number of ketones is 1. The van der Waals surface area contributed by atoms with Crippen molar-refractivity contribution in [3.05, 3.63) is 29.8 Å². The Balaban J connectivity index is 2.68. The van der Waals surface area contributed by atoms with Gasteiger partial charge in [0.15, 0.2) is 5.78 Å². The third kappa shape index (κ3) is 5.83. The molecule has 0 aliphatic carbocycles. The maximum absolute atomic E-state index is 12.4. The van der Waals surface area contributed by atoms with Crippen LogP contribution < -0.4 is 4.74 Å². The summed E-state index contributed by atoms with van der Waals surface area (Å²) in [6.45, 7) is 4.26. The molecule has 0 saturated carbocycles. The molecule has 1 unspecified atom stereocenters. The predicted molar refractivity (Wildman–Crippen MR) is 82.1 cm³/mol. The fourth-order valence-electron chi connectivity index (χ4n) is 2.06. The van der Waals surface area contributed by atoms with E-state index >= 15 is 0 Å². The molecule has 0 N–H and O–H groups in total. The van der Waals surface area contributed by atoms with Crippen molar-refractivity contribution in [2.45, 2.75) is 13.0 Å². The minimum absolute atomic E-state index is 0.0803. The molecule has 0 radical (unpaired) electrons. The van der Waals surface area contributed by atoms with E-state index in [1.165, 1.54) is 0 Å². The lowest BCUT2D eigenvalue weighted by Gasteiger charge is -2.27. The van der Waals surface area contributed by atoms with E-state index in [4.69, 9.17) is 14.2 Å². The van der Waals surface area contributed by atoms with E-state index in [1.54, 1.807) is 45.6 Å². The van der Waals surface area contributed by atoms with E-state index in [-0.39, 0.29) is 11.8 Å². The lowest BCUT2D eigenvalue weighted by Crippen LogP contribution is -2.41. The molecule has 0 aliphatic heterocycles. The van der Waals surface area contributed by atoms with Gasteiger partial charge in [-0.2, -0.15) is 0 Å². The van der Waals surface area contributed by atoms with Crippen molar-refractivity contribution in [1.82, 2.24) is 4.90 Å². The summed E-state index contributed by atoms with van der Waals surface area (Å²) in [5.41, 5.74) is 0.683. The lowest BCUT2D eigenvalue weighted by molar-refractivity contribution is 0.0651. The molecule has 5 heteroatoms. The van der Waals surface area contributed by atoms with Crippen LogP contribution in [0.2, 0.25) is 0 Å². The highest BCUT2D eigenvalue weighted by molar-refractivity contribution is 5.97. The molecule has 21 heavy (non-hydrogen) atoms. The summed E-state index contributed by atoms with van der Waals surface area (Å²) in [6.07, 6.45) is 0. The van der Waals surface area contributed by atoms with E-state index in [2.05, 4.69) is 4.90 Å². The highest BCUT2D eigenvalue weighted by Gasteiger charge is 2.18. The van der Waals surface area contributed by atoms with Crippen LogP contribution in [0.5, 0.6) is 5.75 Å². The van der Waals surface area contributed by atoms with Crippen molar-refractivity contribution >= 4 is 5.78 Å². The van der Waals surface area contributed by atoms with Gasteiger partial charge in [-0.1, -0.05) is 0 Å². The number of rotatable bonds is 10. The number of carbonyl (C=O) groups is 1. The molecular formula is C16H25NO4. The number of benzene rings is 1. The van der Waals surface area contributed by atoms with Gasteiger partial charge < -0.3 is 14.2 Å². The average Bonchev–Trinajstić information content (AvgIpc) is 2.51. The summed E-state index contributed by atoms with van der Waals surface area (Å²) in [5, 5.41) is 0. The molecule has 1 rings (SSSR count). The standard InChI is InChI=1S/C16H25NO4/c1-13(12-20-3)17(9-10-19-2)11-16(18)14-5-7-15(21-4)8-6-14/h5-8,13H,9-12H2,1-4H3. The summed E-state index contributed by atoms with van der Waals surface area (Å²) in [7, 11) is 4.93. The Kier molecular flexibility index (Phi) is 7.97. The van der Waals surface area contributed by atoms with Gasteiger partial charge in [-0.15, -0.1) is 0 Å². The summed E-state index contributed by atoms with van der Waals surface area (Å²) in [4.78, 5) is 14.4. The molecule has 0 aromatic heterocycles. The Morgan fingerprint density at radius 2 is 1.81 bits per heavy atom. The van der Waals surface area contributed by atoms with Crippen molar-refractivity contribution in [3.63, 3.8) is 0 Å². The summed E-state index contributed by atoms with van der Waals surface area (Å²) in [5.74, 6) is 0.826. The summed E-state index contributed by atoms with van der Waals surface area (Å²) in [6, 6.07) is 7.33. The van der Waals surface area contributed by atoms with Crippen LogP contribution in [0.25, 0.3) is 0 Å². The second kappa shape index (κ2) is 9.50. The zero-order valence-electron chi connectivity index (χ0n) is 13.3. The molecule has 0 amide bonds. The second-order valence-corrected chi connectivity index (χ2v) is 4.92. The van der Waals surface area contributed by atoms with Crippen molar-refractivity contribution < 1.29 is 19.0 Å². The van der Waals surface area contributed by atoms with Gasteiger partial charge in [-0.25, -0.2) is 0 Å². The van der Waals surface area contributed by atoms with Crippen LogP contribution in [-0.2, 0) is 9.47 Å². The number of Topliss-reactive ketones (excluding diaryl/α,β-unsaturated/α-hetero) is 1. The van der Waals surface area contributed by atoms with Crippen molar-refractivity contribution in [2.24, 2.45) is 0 Å². The first-order valence-corrected chi connectivity index (χ1v) is 7.01. The van der Waals surface area contributed by atoms with Gasteiger partial charge in [0.2, 0.25) is 0 Å². The molecule has 118 valence electrons. The third-order valence-corrected chi connectivity index (χ3v) is 3.37. The fourth-order valence-corrected chi connectivity index (χ4v) is 2.06. The Morgan fingerprint density at radius 3 is 2.33 bits per heavy atom. The predicted octanol–water partition coefficient (Wildman–Crippen LogP) is 1.86. The second-order valence-electron chi connectivity index (χ2n) is 4.92. The van der Waals surface area contributed by atoms with Gasteiger partial charge in [0.25, 0.3) is 0 Å². The molecule has 0 saturated heterocycles. The van der Waals surface area contributed by atoms with Crippen molar-refractivity contribution in [3.8, 4) is 5.75 Å². The third-order valence-electron chi connectivity index (χ3n) is 3.37. The first-order chi connectivity index (χ1) is 10.1. The van der Waals surface area contributed by atoms with E-state index in [9.17, 15) is 4.79 Å². The monoisotopic (exact) mass is 295 g/mol. The molecule has 0 spiro atoms. The van der Waals surface area contributed by atoms with Gasteiger partial charge in [0, 0.05) is 32.4 Å². The smallest absolute Gasteiger partial charge is 0.176 e. The van der Waals surface area contributed by atoms with Crippen LogP contribution in [0.15, 0.2) is 24.3 Å². The fraction of sp³-hybridized carbons (Fsp3) is 0.562. The van der Waals surface area contributed by atoms with Gasteiger partial charge in [-0.05, 0) is 31.2 Å². The molecule has 1 atom stereocenters. The molecule has 0 bridgehead atoms. The molecule has 1 aromatic carbocycles. The van der Waals surface area contributed by atoms with Gasteiger partial charge in [0.1, 0.15) is 5.75 Å². The Bertz CT molecular complexity index is 419. The van der Waals surface area contributed by atoms with Crippen LogP contribution in [-0.4, -0.2) is 64.4 Å². The average molecular weight is 295 g/mol. The van der Waals surface area contributed by atoms with Crippen LogP contribution in [0.1, 0.15) is 17.3 Å². The molecular weight excluding hydrogens is 270 g/mol. The lowest BCUT2D eigenvalue weighted by atomic mass is 10.1. The largest absolute Gasteiger partial charge is 0.497 e. The van der Waals surface area contributed by atoms with Gasteiger partial charge in [-0.3, -0.25) is 9.69 Å². The van der Waals surface area contributed by atoms with E-state index in [1.807, 2.05) is 6.92 Å². The highest BCUT2D eigenvalue weighted by atomic mass is 16.5. The van der Waals surface area contributed by atoms with Crippen molar-refractivity contribution in [1.29, 1.82) is 0 Å². The molecule has 1 aromatic rings. The van der Waals surface area contributed by atoms with Crippen LogP contribution in [0.4, 0.5) is 0 Å². The number of hydrogen-bond acceptors (Lipinski definition) is 5.